The molecule has 0 fully saturated rings. The molecular weight excluding hydrogens is 190 g/mol. The molecule has 5 heteroatoms. The SMILES string of the molecule is CCc1cc(S(N)(=O)=O)ccc1O. The molecule has 0 aliphatic rings. The minimum absolute atomic E-state index is 0.0298. The summed E-state index contributed by atoms with van der Waals surface area (Å²) in [5.41, 5.74) is 0.575. The Kier molecular flexibility index (Phi) is 2.58. The van der Waals surface area contributed by atoms with E-state index >= 15 is 0 Å². The van der Waals surface area contributed by atoms with Crippen molar-refractivity contribution in [1.29, 1.82) is 0 Å². The molecule has 0 atom stereocenters. The summed E-state index contributed by atoms with van der Waals surface area (Å²) < 4.78 is 21.8. The van der Waals surface area contributed by atoms with Crippen LogP contribution < -0.4 is 5.14 Å². The quantitative estimate of drug-likeness (QED) is 0.735. The molecule has 72 valence electrons. The van der Waals surface area contributed by atoms with Crippen LogP contribution in [-0.4, -0.2) is 13.5 Å². The van der Waals surface area contributed by atoms with Crippen LogP contribution in [0, 0.1) is 0 Å². The predicted octanol–water partition coefficient (Wildman–Crippen LogP) is 0.602. The highest BCUT2D eigenvalue weighted by Crippen LogP contribution is 2.20. The Morgan fingerprint density at radius 2 is 2.08 bits per heavy atom. The van der Waals surface area contributed by atoms with Crippen LogP contribution in [0.2, 0.25) is 0 Å². The number of rotatable bonds is 2. The second-order valence-corrected chi connectivity index (χ2v) is 4.25. The third-order valence-electron chi connectivity index (χ3n) is 1.76. The fourth-order valence-corrected chi connectivity index (χ4v) is 1.59. The molecule has 0 spiro atoms. The minimum Gasteiger partial charge on any atom is -0.508 e. The maximum atomic E-state index is 10.9. The average Bonchev–Trinajstić information content (AvgIpc) is 2.03. The van der Waals surface area contributed by atoms with E-state index in [4.69, 9.17) is 5.14 Å². The number of primary sulfonamides is 1. The van der Waals surface area contributed by atoms with Gasteiger partial charge in [-0.2, -0.15) is 0 Å². The van der Waals surface area contributed by atoms with Crippen LogP contribution in [0.4, 0.5) is 0 Å². The van der Waals surface area contributed by atoms with Crippen molar-refractivity contribution >= 4 is 10.0 Å². The van der Waals surface area contributed by atoms with E-state index in [0.717, 1.165) is 0 Å². The Morgan fingerprint density at radius 1 is 1.46 bits per heavy atom. The molecule has 0 heterocycles. The molecular formula is C8H11NO3S. The van der Waals surface area contributed by atoms with Crippen LogP contribution in [0.25, 0.3) is 0 Å². The molecule has 0 aliphatic carbocycles. The largest absolute Gasteiger partial charge is 0.508 e. The molecule has 0 amide bonds. The van der Waals surface area contributed by atoms with Crippen molar-refractivity contribution in [3.8, 4) is 5.75 Å². The van der Waals surface area contributed by atoms with Gasteiger partial charge >= 0.3 is 0 Å². The molecule has 0 aromatic heterocycles. The molecule has 0 bridgehead atoms. The highest BCUT2D eigenvalue weighted by Gasteiger charge is 2.09. The zero-order valence-electron chi connectivity index (χ0n) is 7.19. The van der Waals surface area contributed by atoms with Crippen molar-refractivity contribution in [2.45, 2.75) is 18.2 Å². The molecule has 0 saturated carbocycles. The Labute approximate surface area is 77.1 Å². The maximum absolute atomic E-state index is 10.9. The van der Waals surface area contributed by atoms with E-state index in [-0.39, 0.29) is 10.6 Å². The van der Waals surface area contributed by atoms with Gasteiger partial charge in [-0.25, -0.2) is 13.6 Å². The van der Waals surface area contributed by atoms with E-state index < -0.39 is 10.0 Å². The molecule has 3 N–H and O–H groups in total. The standard InChI is InChI=1S/C8H11NO3S/c1-2-6-5-7(13(9,11)12)3-4-8(6)10/h3-5,10H,2H2,1H3,(H2,9,11,12). The van der Waals surface area contributed by atoms with E-state index in [0.29, 0.717) is 12.0 Å². The smallest absolute Gasteiger partial charge is 0.238 e. The van der Waals surface area contributed by atoms with Gasteiger partial charge in [0.2, 0.25) is 10.0 Å². The van der Waals surface area contributed by atoms with Gasteiger partial charge in [-0.05, 0) is 30.2 Å². The molecule has 0 radical (unpaired) electrons. The highest BCUT2D eigenvalue weighted by atomic mass is 32.2. The number of benzene rings is 1. The number of sulfonamides is 1. The van der Waals surface area contributed by atoms with Crippen LogP contribution in [0.5, 0.6) is 5.75 Å². The van der Waals surface area contributed by atoms with Crippen LogP contribution >= 0.6 is 0 Å². The first-order valence-electron chi connectivity index (χ1n) is 3.80. The van der Waals surface area contributed by atoms with Gasteiger partial charge in [0.1, 0.15) is 5.75 Å². The fraction of sp³-hybridized carbons (Fsp3) is 0.250. The number of hydrogen-bond donors (Lipinski definition) is 2. The zero-order valence-corrected chi connectivity index (χ0v) is 8.00. The van der Waals surface area contributed by atoms with E-state index in [1.54, 1.807) is 0 Å². The van der Waals surface area contributed by atoms with Gasteiger partial charge in [0.25, 0.3) is 0 Å². The molecule has 0 saturated heterocycles. The first-order chi connectivity index (χ1) is 5.95. The van der Waals surface area contributed by atoms with Crippen molar-refractivity contribution in [2.24, 2.45) is 5.14 Å². The predicted molar refractivity (Wildman–Crippen MR) is 48.9 cm³/mol. The summed E-state index contributed by atoms with van der Waals surface area (Å²) in [4.78, 5) is 0.0298. The maximum Gasteiger partial charge on any atom is 0.238 e. The molecule has 1 rings (SSSR count). The van der Waals surface area contributed by atoms with Gasteiger partial charge in [0.05, 0.1) is 4.90 Å². The Balaban J connectivity index is 3.30. The molecule has 13 heavy (non-hydrogen) atoms. The number of aromatic hydroxyl groups is 1. The van der Waals surface area contributed by atoms with E-state index in [9.17, 15) is 13.5 Å². The Morgan fingerprint density at radius 3 is 2.54 bits per heavy atom. The van der Waals surface area contributed by atoms with Crippen molar-refractivity contribution < 1.29 is 13.5 Å². The molecule has 1 aromatic rings. The summed E-state index contributed by atoms with van der Waals surface area (Å²) in [5.74, 6) is 0.0925. The topological polar surface area (TPSA) is 80.4 Å². The summed E-state index contributed by atoms with van der Waals surface area (Å²) in [6.07, 6.45) is 0.565. The number of phenolic OH excluding ortho intramolecular Hbond substituents is 1. The van der Waals surface area contributed by atoms with E-state index in [1.165, 1.54) is 18.2 Å². The van der Waals surface area contributed by atoms with Gasteiger partial charge in [0.15, 0.2) is 0 Å². The monoisotopic (exact) mass is 201 g/mol. The number of hydrogen-bond acceptors (Lipinski definition) is 3. The minimum atomic E-state index is -3.66. The first kappa shape index (κ1) is 10.0. The second kappa shape index (κ2) is 3.35. The molecule has 0 unspecified atom stereocenters. The Hall–Kier alpha value is -1.07. The summed E-state index contributed by atoms with van der Waals surface area (Å²) in [6.45, 7) is 1.82. The lowest BCUT2D eigenvalue weighted by atomic mass is 10.1. The molecule has 4 nitrogen and oxygen atoms in total. The van der Waals surface area contributed by atoms with Crippen molar-refractivity contribution in [1.82, 2.24) is 0 Å². The normalized spacial score (nSPS) is 11.5. The van der Waals surface area contributed by atoms with Gasteiger partial charge in [-0.15, -0.1) is 0 Å². The average molecular weight is 201 g/mol. The van der Waals surface area contributed by atoms with E-state index in [1.807, 2.05) is 6.92 Å². The summed E-state index contributed by atoms with van der Waals surface area (Å²) >= 11 is 0. The van der Waals surface area contributed by atoms with Gasteiger partial charge in [-0.1, -0.05) is 6.92 Å². The number of aryl methyl sites for hydroxylation is 1. The van der Waals surface area contributed by atoms with E-state index in [2.05, 4.69) is 0 Å². The lowest BCUT2D eigenvalue weighted by Gasteiger charge is -2.03. The van der Waals surface area contributed by atoms with Crippen molar-refractivity contribution in [3.05, 3.63) is 23.8 Å². The molecule has 1 aromatic carbocycles. The molecule has 0 aliphatic heterocycles. The number of phenols is 1. The van der Waals surface area contributed by atoms with Crippen molar-refractivity contribution in [2.75, 3.05) is 0 Å². The van der Waals surface area contributed by atoms with Gasteiger partial charge in [-0.3, -0.25) is 0 Å². The third kappa shape index (κ3) is 2.19. The third-order valence-corrected chi connectivity index (χ3v) is 2.67. The Bertz CT molecular complexity index is 411. The van der Waals surface area contributed by atoms with Gasteiger partial charge < -0.3 is 5.11 Å². The summed E-state index contributed by atoms with van der Waals surface area (Å²) in [6, 6.07) is 3.99. The van der Waals surface area contributed by atoms with Crippen LogP contribution in [-0.2, 0) is 16.4 Å². The first-order valence-corrected chi connectivity index (χ1v) is 5.34. The second-order valence-electron chi connectivity index (χ2n) is 2.69. The summed E-state index contributed by atoms with van der Waals surface area (Å²) in [5, 5.41) is 14.2. The van der Waals surface area contributed by atoms with Crippen molar-refractivity contribution in [3.63, 3.8) is 0 Å². The highest BCUT2D eigenvalue weighted by molar-refractivity contribution is 7.89. The van der Waals surface area contributed by atoms with Crippen LogP contribution in [0.3, 0.4) is 0 Å². The fourth-order valence-electron chi connectivity index (χ4n) is 1.02. The van der Waals surface area contributed by atoms with Gasteiger partial charge in [0, 0.05) is 0 Å². The summed E-state index contributed by atoms with van der Waals surface area (Å²) in [7, 11) is -3.66. The lowest BCUT2D eigenvalue weighted by Crippen LogP contribution is -2.12. The van der Waals surface area contributed by atoms with Crippen LogP contribution in [0.15, 0.2) is 23.1 Å². The van der Waals surface area contributed by atoms with Crippen LogP contribution in [0.1, 0.15) is 12.5 Å². The zero-order chi connectivity index (χ0) is 10.1. The lowest BCUT2D eigenvalue weighted by molar-refractivity contribution is 0.468. The number of nitrogens with two attached hydrogens (primary N) is 1.